The SMILES string of the molecule is Cc1cc2c(cc1N1c3cc4c(cc3B3c5ccc(N(c6ccc(C(C)(C)C)cc6)c6ccc(C(C)(C)C)cc6)cc5N5c6cccc7c6C(C)(c6ccccc6-7)c6c(C)cc1c3c65)C(C)(C)CC4(C)C)C(C)(C)CCC2(C)C. The van der Waals surface area contributed by atoms with Gasteiger partial charge in [0.15, 0.2) is 0 Å². The standard InChI is InChI=1S/C75H80BN3/c1-44-37-54-56(72(11,12)36-35-71(54,9)10)41-61(44)78-63-42-57-55(73(13,14)43-74(57,15)16)40-59(63)76-58-34-33-50(77(48-29-25-46(26-30-48)69(3,4)5)49-31-27-47(28-32-49)70(6,7)8)39-62(58)79-60-24-20-22-52-51-21-18-19-23-53(51)75(17,66(52)60)65-45(2)38-64(78)67(76)68(65)79/h18-34,37-42H,35-36,43H2,1-17H3. The van der Waals surface area contributed by atoms with Gasteiger partial charge < -0.3 is 14.7 Å². The molecule has 14 rings (SSSR count). The van der Waals surface area contributed by atoms with Crippen molar-refractivity contribution in [3.8, 4) is 11.1 Å². The molecule has 398 valence electrons. The molecule has 0 aromatic heterocycles. The highest BCUT2D eigenvalue weighted by Gasteiger charge is 2.55. The van der Waals surface area contributed by atoms with E-state index in [0.29, 0.717) is 0 Å². The van der Waals surface area contributed by atoms with Gasteiger partial charge in [0.2, 0.25) is 0 Å². The molecular formula is C75H80BN3. The molecule has 0 saturated heterocycles. The Hall–Kier alpha value is -6.78. The van der Waals surface area contributed by atoms with Crippen LogP contribution >= 0.6 is 0 Å². The second-order valence-electron chi connectivity index (χ2n) is 29.8. The van der Waals surface area contributed by atoms with Crippen molar-refractivity contribution < 1.29 is 0 Å². The van der Waals surface area contributed by atoms with E-state index >= 15 is 0 Å². The summed E-state index contributed by atoms with van der Waals surface area (Å²) >= 11 is 0. The smallest absolute Gasteiger partial charge is 0.252 e. The van der Waals surface area contributed by atoms with Crippen molar-refractivity contribution in [1.82, 2.24) is 0 Å². The normalized spacial score (nSPS) is 19.7. The number of rotatable bonds is 4. The minimum atomic E-state index is -0.380. The quantitative estimate of drug-likeness (QED) is 0.163. The first-order valence-corrected chi connectivity index (χ1v) is 29.6. The van der Waals surface area contributed by atoms with E-state index in [9.17, 15) is 0 Å². The summed E-state index contributed by atoms with van der Waals surface area (Å²) in [6.45, 7) is 41.1. The number of aryl methyl sites for hydroxylation is 2. The molecule has 3 heterocycles. The highest BCUT2D eigenvalue weighted by atomic mass is 15.2. The molecule has 3 aliphatic heterocycles. The van der Waals surface area contributed by atoms with Crippen LogP contribution in [0.25, 0.3) is 11.1 Å². The lowest BCUT2D eigenvalue weighted by Gasteiger charge is -2.51. The van der Waals surface area contributed by atoms with Crippen LogP contribution < -0.4 is 31.1 Å². The van der Waals surface area contributed by atoms with Gasteiger partial charge in [0, 0.05) is 50.9 Å². The summed E-state index contributed by atoms with van der Waals surface area (Å²) in [7, 11) is 0. The van der Waals surface area contributed by atoms with Gasteiger partial charge in [-0.25, -0.2) is 0 Å². The Labute approximate surface area is 473 Å². The largest absolute Gasteiger partial charge is 0.311 e. The maximum absolute atomic E-state index is 2.77. The molecule has 79 heavy (non-hydrogen) atoms. The van der Waals surface area contributed by atoms with E-state index in [1.165, 1.54) is 136 Å². The van der Waals surface area contributed by atoms with Crippen molar-refractivity contribution in [2.24, 2.45) is 0 Å². The number of hydrogen-bond donors (Lipinski definition) is 0. The van der Waals surface area contributed by atoms with E-state index in [-0.39, 0.29) is 44.6 Å². The molecular weight excluding hydrogens is 954 g/mol. The van der Waals surface area contributed by atoms with E-state index in [1.807, 2.05) is 0 Å². The number of fused-ring (bicyclic) bond motifs is 12. The summed E-state index contributed by atoms with van der Waals surface area (Å²) in [5.41, 5.74) is 33.7. The van der Waals surface area contributed by atoms with Gasteiger partial charge in [-0.1, -0.05) is 176 Å². The van der Waals surface area contributed by atoms with Crippen molar-refractivity contribution in [3.05, 3.63) is 201 Å². The fraction of sp³-hybridized carbons (Fsp3) is 0.360. The lowest BCUT2D eigenvalue weighted by molar-refractivity contribution is 0.332. The molecule has 0 fully saturated rings. The van der Waals surface area contributed by atoms with Crippen molar-refractivity contribution in [1.29, 1.82) is 0 Å². The zero-order valence-corrected chi connectivity index (χ0v) is 50.3. The zero-order valence-electron chi connectivity index (χ0n) is 50.3. The number of anilines is 9. The molecule has 0 bridgehead atoms. The van der Waals surface area contributed by atoms with Crippen molar-refractivity contribution in [2.45, 2.75) is 175 Å². The van der Waals surface area contributed by atoms with E-state index < -0.39 is 0 Å². The molecule has 6 aliphatic rings. The van der Waals surface area contributed by atoms with Crippen LogP contribution in [0.15, 0.2) is 140 Å². The van der Waals surface area contributed by atoms with Crippen LogP contribution in [-0.4, -0.2) is 6.71 Å². The van der Waals surface area contributed by atoms with Crippen LogP contribution in [0.2, 0.25) is 0 Å². The maximum atomic E-state index is 2.77. The number of nitrogens with zero attached hydrogens (tertiary/aromatic N) is 3. The Balaban J connectivity index is 1.10. The highest BCUT2D eigenvalue weighted by Crippen LogP contribution is 2.65. The molecule has 3 nitrogen and oxygen atoms in total. The van der Waals surface area contributed by atoms with Crippen LogP contribution in [0.3, 0.4) is 0 Å². The third-order valence-electron chi connectivity index (χ3n) is 20.6. The predicted octanol–water partition coefficient (Wildman–Crippen LogP) is 18.4. The number of benzene rings is 8. The van der Waals surface area contributed by atoms with Gasteiger partial charge in [-0.05, 0) is 222 Å². The summed E-state index contributed by atoms with van der Waals surface area (Å²) in [6, 6.07) is 56.0. The topological polar surface area (TPSA) is 9.72 Å². The Kier molecular flexibility index (Phi) is 10.2. The summed E-state index contributed by atoms with van der Waals surface area (Å²) in [5.74, 6) is 0. The Morgan fingerprint density at radius 1 is 0.418 bits per heavy atom. The maximum Gasteiger partial charge on any atom is 0.252 e. The monoisotopic (exact) mass is 1030 g/mol. The van der Waals surface area contributed by atoms with Gasteiger partial charge in [0.1, 0.15) is 0 Å². The van der Waals surface area contributed by atoms with Gasteiger partial charge >= 0.3 is 0 Å². The Bertz CT molecular complexity index is 3890. The number of hydrogen-bond acceptors (Lipinski definition) is 3. The van der Waals surface area contributed by atoms with Gasteiger partial charge in [0.25, 0.3) is 6.71 Å². The molecule has 8 aromatic carbocycles. The van der Waals surface area contributed by atoms with Gasteiger partial charge in [-0.3, -0.25) is 0 Å². The first-order valence-electron chi connectivity index (χ1n) is 29.6. The molecule has 1 atom stereocenters. The second kappa shape index (κ2) is 16.0. The van der Waals surface area contributed by atoms with E-state index in [2.05, 4.69) is 272 Å². The molecule has 4 heteroatoms. The minimum absolute atomic E-state index is 0.0123. The third kappa shape index (κ3) is 6.91. The third-order valence-corrected chi connectivity index (χ3v) is 20.6. The predicted molar refractivity (Wildman–Crippen MR) is 339 cm³/mol. The second-order valence-corrected chi connectivity index (χ2v) is 29.8. The fourth-order valence-electron chi connectivity index (χ4n) is 16.6. The zero-order chi connectivity index (χ0) is 55.6. The molecule has 0 saturated carbocycles. The lowest BCUT2D eigenvalue weighted by Crippen LogP contribution is -2.63. The molecule has 0 spiro atoms. The molecule has 1 unspecified atom stereocenters. The van der Waals surface area contributed by atoms with Gasteiger partial charge in [-0.2, -0.15) is 0 Å². The summed E-state index contributed by atoms with van der Waals surface area (Å²) in [6.07, 6.45) is 3.47. The van der Waals surface area contributed by atoms with Gasteiger partial charge in [0.05, 0.1) is 5.69 Å². The van der Waals surface area contributed by atoms with Crippen LogP contribution in [0, 0.1) is 13.8 Å². The van der Waals surface area contributed by atoms with E-state index in [4.69, 9.17) is 0 Å². The van der Waals surface area contributed by atoms with Crippen LogP contribution in [0.5, 0.6) is 0 Å². The fourth-order valence-corrected chi connectivity index (χ4v) is 16.6. The molecule has 0 radical (unpaired) electrons. The van der Waals surface area contributed by atoms with Gasteiger partial charge in [-0.15, -0.1) is 0 Å². The summed E-state index contributed by atoms with van der Waals surface area (Å²) < 4.78 is 0. The van der Waals surface area contributed by atoms with Crippen LogP contribution in [-0.2, 0) is 37.9 Å². The summed E-state index contributed by atoms with van der Waals surface area (Å²) in [5, 5.41) is 0. The Morgan fingerprint density at radius 3 is 1.57 bits per heavy atom. The Morgan fingerprint density at radius 2 is 0.949 bits per heavy atom. The molecule has 0 N–H and O–H groups in total. The average molecular weight is 1030 g/mol. The minimum Gasteiger partial charge on any atom is -0.311 e. The average Bonchev–Trinajstić information content (AvgIpc) is 2.76. The first-order chi connectivity index (χ1) is 37.1. The summed E-state index contributed by atoms with van der Waals surface area (Å²) in [4.78, 5) is 8.02. The molecule has 0 amide bonds. The van der Waals surface area contributed by atoms with E-state index in [1.54, 1.807) is 0 Å². The van der Waals surface area contributed by atoms with Crippen molar-refractivity contribution in [3.63, 3.8) is 0 Å². The molecule has 3 aliphatic carbocycles. The van der Waals surface area contributed by atoms with Crippen molar-refractivity contribution >= 4 is 74.3 Å². The highest BCUT2D eigenvalue weighted by molar-refractivity contribution is 7.00. The lowest BCUT2D eigenvalue weighted by atomic mass is 9.32. The van der Waals surface area contributed by atoms with Crippen LogP contribution in [0.4, 0.5) is 51.2 Å². The molecule has 8 aromatic rings. The van der Waals surface area contributed by atoms with Crippen molar-refractivity contribution in [2.75, 3.05) is 14.7 Å². The van der Waals surface area contributed by atoms with Crippen LogP contribution in [0.1, 0.15) is 184 Å². The van der Waals surface area contributed by atoms with E-state index in [0.717, 1.165) is 23.5 Å². The first kappa shape index (κ1) is 50.4.